The first-order valence-electron chi connectivity index (χ1n) is 13.9. The van der Waals surface area contributed by atoms with Gasteiger partial charge in [0, 0.05) is 34.5 Å². The number of anilines is 2. The van der Waals surface area contributed by atoms with E-state index in [-0.39, 0.29) is 23.3 Å². The molecule has 40 heavy (non-hydrogen) atoms. The quantitative estimate of drug-likeness (QED) is 0.272. The summed E-state index contributed by atoms with van der Waals surface area (Å²) in [7, 11) is 0. The number of benzene rings is 4. The van der Waals surface area contributed by atoms with Crippen molar-refractivity contribution < 1.29 is 9.59 Å². The molecule has 2 amide bonds. The summed E-state index contributed by atoms with van der Waals surface area (Å²) >= 11 is 0. The second-order valence-corrected chi connectivity index (χ2v) is 10.8. The Morgan fingerprint density at radius 2 is 1.55 bits per heavy atom. The van der Waals surface area contributed by atoms with Gasteiger partial charge in [-0.25, -0.2) is 0 Å². The Hall–Kier alpha value is -4.58. The van der Waals surface area contributed by atoms with Gasteiger partial charge >= 0.3 is 0 Å². The Bertz CT molecular complexity index is 1550. The fourth-order valence-electron chi connectivity index (χ4n) is 6.44. The van der Waals surface area contributed by atoms with Crippen LogP contribution < -0.4 is 10.2 Å². The van der Waals surface area contributed by atoms with E-state index in [2.05, 4.69) is 16.6 Å². The summed E-state index contributed by atoms with van der Waals surface area (Å²) < 4.78 is 0. The zero-order valence-corrected chi connectivity index (χ0v) is 22.3. The van der Waals surface area contributed by atoms with Crippen LogP contribution in [0.15, 0.2) is 108 Å². The van der Waals surface area contributed by atoms with E-state index in [9.17, 15) is 14.5 Å². The van der Waals surface area contributed by atoms with Crippen LogP contribution in [0.5, 0.6) is 0 Å². The molecule has 2 atom stereocenters. The molecule has 0 aromatic heterocycles. The molecule has 1 N–H and O–H groups in total. The Balaban J connectivity index is 1.21. The first-order chi connectivity index (χ1) is 19.6. The fraction of sp³-hybridized carbons (Fsp3) is 0.235. The highest BCUT2D eigenvalue weighted by atomic mass is 16.3. The predicted octanol–water partition coefficient (Wildman–Crippen LogP) is 7.50. The molecule has 6 heteroatoms. The molecule has 1 aliphatic heterocycles. The van der Waals surface area contributed by atoms with Crippen LogP contribution >= 0.6 is 0 Å². The smallest absolute Gasteiger partial charge is 0.258 e. The first-order valence-corrected chi connectivity index (χ1v) is 13.9. The highest BCUT2D eigenvalue weighted by Gasteiger charge is 2.46. The number of amides is 2. The van der Waals surface area contributed by atoms with E-state index in [0.29, 0.717) is 23.4 Å². The number of rotatable bonds is 5. The van der Waals surface area contributed by atoms with Gasteiger partial charge in [0.2, 0.25) is 0 Å². The number of fused-ring (bicyclic) bond motifs is 1. The van der Waals surface area contributed by atoms with Crippen LogP contribution in [0.25, 0.3) is 11.1 Å². The van der Waals surface area contributed by atoms with E-state index in [4.69, 9.17) is 0 Å². The van der Waals surface area contributed by atoms with Crippen molar-refractivity contribution in [1.82, 2.24) is 0 Å². The Morgan fingerprint density at radius 1 is 0.825 bits per heavy atom. The zero-order chi connectivity index (χ0) is 27.5. The summed E-state index contributed by atoms with van der Waals surface area (Å²) in [5.41, 5.74) is 5.38. The van der Waals surface area contributed by atoms with E-state index in [1.807, 2.05) is 77.7 Å². The summed E-state index contributed by atoms with van der Waals surface area (Å²) in [6.07, 6.45) is 4.29. The maximum atomic E-state index is 13.8. The number of para-hydroxylation sites is 1. The van der Waals surface area contributed by atoms with Gasteiger partial charge in [0.25, 0.3) is 11.8 Å². The Labute approximate surface area is 234 Å². The summed E-state index contributed by atoms with van der Waals surface area (Å²) in [6.45, 7) is 0.538. The molecule has 1 heterocycles. The Kier molecular flexibility index (Phi) is 6.99. The van der Waals surface area contributed by atoms with Crippen molar-refractivity contribution in [3.05, 3.63) is 125 Å². The number of nitrogens with zero attached hydrogens (tertiary/aromatic N) is 2. The van der Waals surface area contributed by atoms with E-state index >= 15 is 0 Å². The lowest BCUT2D eigenvalue weighted by molar-refractivity contribution is 0.0982. The van der Waals surface area contributed by atoms with Crippen molar-refractivity contribution in [2.75, 3.05) is 16.8 Å². The second kappa shape index (κ2) is 10.9. The van der Waals surface area contributed by atoms with Crippen molar-refractivity contribution in [3.8, 4) is 11.1 Å². The molecule has 2 unspecified atom stereocenters. The van der Waals surface area contributed by atoms with Gasteiger partial charge in [-0.3, -0.25) is 9.59 Å². The van der Waals surface area contributed by atoms with Gasteiger partial charge in [-0.2, -0.15) is 4.91 Å². The SMILES string of the molecule is O=NC1CCCC12CCN(C(=O)c1ccc(NC(=O)c3ccccc3-c3ccccc3)cc1)c1ccccc1C2. The molecule has 0 radical (unpaired) electrons. The van der Waals surface area contributed by atoms with Gasteiger partial charge in [-0.15, -0.1) is 0 Å². The highest BCUT2D eigenvalue weighted by Crippen LogP contribution is 2.49. The maximum absolute atomic E-state index is 13.8. The first kappa shape index (κ1) is 25.7. The summed E-state index contributed by atoms with van der Waals surface area (Å²) in [6, 6.07) is 32.2. The Morgan fingerprint density at radius 3 is 2.35 bits per heavy atom. The molecule has 0 bridgehead atoms. The molecule has 2 aliphatic rings. The molecule has 200 valence electrons. The fourth-order valence-corrected chi connectivity index (χ4v) is 6.44. The average molecular weight is 530 g/mol. The normalized spacial score (nSPS) is 20.0. The van der Waals surface area contributed by atoms with Crippen LogP contribution in [0.2, 0.25) is 0 Å². The van der Waals surface area contributed by atoms with Crippen molar-refractivity contribution in [3.63, 3.8) is 0 Å². The zero-order valence-electron chi connectivity index (χ0n) is 22.3. The lowest BCUT2D eigenvalue weighted by Gasteiger charge is -2.30. The molecule has 4 aromatic carbocycles. The molecule has 1 fully saturated rings. The molecule has 0 saturated heterocycles. The van der Waals surface area contributed by atoms with Crippen LogP contribution in [0, 0.1) is 10.3 Å². The molecule has 6 rings (SSSR count). The number of carbonyl (C=O) groups is 2. The second-order valence-electron chi connectivity index (χ2n) is 10.8. The molecule has 4 aromatic rings. The number of nitroso groups, excluding NO2 is 1. The maximum Gasteiger partial charge on any atom is 0.258 e. The number of hydrogen-bond donors (Lipinski definition) is 1. The van der Waals surface area contributed by atoms with Crippen molar-refractivity contribution >= 4 is 23.2 Å². The summed E-state index contributed by atoms with van der Waals surface area (Å²) in [5.74, 6) is -0.300. The number of hydrogen-bond acceptors (Lipinski definition) is 4. The van der Waals surface area contributed by atoms with E-state index in [1.54, 1.807) is 24.3 Å². The minimum absolute atomic E-state index is 0.0922. The van der Waals surface area contributed by atoms with Crippen molar-refractivity contribution in [1.29, 1.82) is 0 Å². The molecule has 6 nitrogen and oxygen atoms in total. The topological polar surface area (TPSA) is 78.8 Å². The third-order valence-corrected chi connectivity index (χ3v) is 8.54. The van der Waals surface area contributed by atoms with Crippen LogP contribution in [-0.2, 0) is 6.42 Å². The monoisotopic (exact) mass is 529 g/mol. The molecule has 1 spiro atoms. The highest BCUT2D eigenvalue weighted by molar-refractivity contribution is 6.09. The van der Waals surface area contributed by atoms with Gasteiger partial charge in [0.15, 0.2) is 0 Å². The molecular formula is C34H31N3O3. The molecule has 1 aliphatic carbocycles. The standard InChI is InChI=1S/C34H31N3O3/c38-32(29-13-6-5-12-28(29)24-9-2-1-3-10-24)35-27-18-16-25(17-19-27)33(39)37-22-21-34(20-8-15-31(34)36-40)23-26-11-4-7-14-30(26)37/h1-7,9-14,16-19,31H,8,15,20-23H2,(H,35,38). The summed E-state index contributed by atoms with van der Waals surface area (Å²) in [4.78, 5) is 40.5. The summed E-state index contributed by atoms with van der Waals surface area (Å²) in [5, 5.41) is 6.48. The average Bonchev–Trinajstić information content (AvgIpc) is 3.32. The van der Waals surface area contributed by atoms with E-state index in [1.165, 1.54) is 0 Å². The van der Waals surface area contributed by atoms with Gasteiger partial charge in [-0.05, 0) is 78.8 Å². The van der Waals surface area contributed by atoms with Gasteiger partial charge in [0.05, 0.1) is 6.04 Å². The third-order valence-electron chi connectivity index (χ3n) is 8.54. The van der Waals surface area contributed by atoms with Gasteiger partial charge < -0.3 is 10.2 Å². The van der Waals surface area contributed by atoms with Crippen LogP contribution in [0.1, 0.15) is 52.0 Å². The lowest BCUT2D eigenvalue weighted by Crippen LogP contribution is -2.35. The van der Waals surface area contributed by atoms with Gasteiger partial charge in [-0.1, -0.05) is 78.3 Å². The van der Waals surface area contributed by atoms with Crippen LogP contribution in [0.3, 0.4) is 0 Å². The van der Waals surface area contributed by atoms with E-state index in [0.717, 1.165) is 54.5 Å². The minimum Gasteiger partial charge on any atom is -0.322 e. The molecule has 1 saturated carbocycles. The minimum atomic E-state index is -0.208. The number of carbonyl (C=O) groups excluding carboxylic acids is 2. The van der Waals surface area contributed by atoms with Crippen LogP contribution in [-0.4, -0.2) is 24.4 Å². The predicted molar refractivity (Wildman–Crippen MR) is 159 cm³/mol. The number of nitrogens with one attached hydrogen (secondary N) is 1. The van der Waals surface area contributed by atoms with Crippen molar-refractivity contribution in [2.45, 2.75) is 38.1 Å². The largest absolute Gasteiger partial charge is 0.322 e. The van der Waals surface area contributed by atoms with E-state index < -0.39 is 0 Å². The molecular weight excluding hydrogens is 498 g/mol. The van der Waals surface area contributed by atoms with Crippen molar-refractivity contribution in [2.24, 2.45) is 10.6 Å². The van der Waals surface area contributed by atoms with Gasteiger partial charge in [0.1, 0.15) is 0 Å². The van der Waals surface area contributed by atoms with Crippen LogP contribution in [0.4, 0.5) is 11.4 Å². The third kappa shape index (κ3) is 4.81. The lowest BCUT2D eigenvalue weighted by atomic mass is 9.75.